The largest absolute Gasteiger partial charge is 0.346 e. The number of H-pyrrole nitrogens is 1. The van der Waals surface area contributed by atoms with Crippen molar-refractivity contribution in [3.05, 3.63) is 32.4 Å². The van der Waals surface area contributed by atoms with Crippen LogP contribution in [0.5, 0.6) is 0 Å². The van der Waals surface area contributed by atoms with Crippen LogP contribution in [0.3, 0.4) is 0 Å². The van der Waals surface area contributed by atoms with E-state index in [1.54, 1.807) is 0 Å². The minimum atomic E-state index is -0.361. The Balaban J connectivity index is 2.59. The van der Waals surface area contributed by atoms with E-state index in [1.807, 2.05) is 0 Å². The van der Waals surface area contributed by atoms with Crippen molar-refractivity contribution < 1.29 is 4.79 Å². The van der Waals surface area contributed by atoms with Crippen LogP contribution in [0.25, 0.3) is 0 Å². The Morgan fingerprint density at radius 3 is 2.92 bits per heavy atom. The van der Waals surface area contributed by atoms with Gasteiger partial charge in [0.05, 0.1) is 6.54 Å². The molecule has 0 fully saturated rings. The van der Waals surface area contributed by atoms with Crippen molar-refractivity contribution in [2.45, 2.75) is 0 Å². The Kier molecular flexibility index (Phi) is 3.27. The van der Waals surface area contributed by atoms with Crippen LogP contribution in [-0.4, -0.2) is 17.4 Å². The molecule has 0 atom stereocenters. The lowest BCUT2D eigenvalue weighted by molar-refractivity contribution is 0.0953. The Hall–Kier alpha value is -1.07. The van der Waals surface area contributed by atoms with Crippen LogP contribution in [0.4, 0.5) is 0 Å². The summed E-state index contributed by atoms with van der Waals surface area (Å²) >= 11 is 6.38. The van der Waals surface area contributed by atoms with E-state index < -0.39 is 0 Å². The third kappa shape index (κ3) is 3.04. The van der Waals surface area contributed by atoms with Gasteiger partial charge < -0.3 is 10.3 Å². The van der Waals surface area contributed by atoms with Crippen molar-refractivity contribution in [1.82, 2.24) is 10.3 Å². The van der Waals surface area contributed by atoms with Gasteiger partial charge >= 0.3 is 4.87 Å². The maximum atomic E-state index is 11.2. The third-order valence-electron chi connectivity index (χ3n) is 1.21. The standard InChI is InChI=1S/C7H7ClN2O2S/c1-4(8)2-9-6(11)5-3-13-7(12)10-5/h3H,1-2H2,(H,9,11)(H,10,12). The molecule has 0 aliphatic rings. The first-order valence-electron chi connectivity index (χ1n) is 3.39. The molecule has 1 amide bonds. The van der Waals surface area contributed by atoms with E-state index in [9.17, 15) is 9.59 Å². The van der Waals surface area contributed by atoms with Gasteiger partial charge in [0, 0.05) is 10.4 Å². The number of halogens is 1. The molecule has 1 aromatic rings. The molecule has 13 heavy (non-hydrogen) atoms. The van der Waals surface area contributed by atoms with Crippen molar-refractivity contribution in [2.24, 2.45) is 0 Å². The number of thiazole rings is 1. The molecule has 0 aromatic carbocycles. The number of hydrogen-bond acceptors (Lipinski definition) is 3. The zero-order valence-corrected chi connectivity index (χ0v) is 8.17. The summed E-state index contributed by atoms with van der Waals surface area (Å²) in [5.74, 6) is -0.361. The van der Waals surface area contributed by atoms with Gasteiger partial charge in [-0.05, 0) is 0 Å². The summed E-state index contributed by atoms with van der Waals surface area (Å²) < 4.78 is 0. The molecule has 0 aliphatic heterocycles. The summed E-state index contributed by atoms with van der Waals surface area (Å²) in [6.07, 6.45) is 0. The fraction of sp³-hybridized carbons (Fsp3) is 0.143. The zero-order valence-electron chi connectivity index (χ0n) is 6.59. The normalized spacial score (nSPS) is 9.62. The molecule has 1 rings (SSSR count). The number of amides is 1. The molecule has 4 nitrogen and oxygen atoms in total. The van der Waals surface area contributed by atoms with Gasteiger partial charge in [-0.15, -0.1) is 0 Å². The summed E-state index contributed by atoms with van der Waals surface area (Å²) in [4.78, 5) is 24.0. The highest BCUT2D eigenvalue weighted by molar-refractivity contribution is 7.07. The third-order valence-corrected chi connectivity index (χ3v) is 2.01. The highest BCUT2D eigenvalue weighted by Crippen LogP contribution is 1.97. The van der Waals surface area contributed by atoms with Gasteiger partial charge in [-0.25, -0.2) is 0 Å². The van der Waals surface area contributed by atoms with E-state index in [2.05, 4.69) is 16.9 Å². The van der Waals surface area contributed by atoms with Gasteiger partial charge in [0.25, 0.3) is 5.91 Å². The fourth-order valence-corrected chi connectivity index (χ4v) is 1.29. The minimum Gasteiger partial charge on any atom is -0.346 e. The quantitative estimate of drug-likeness (QED) is 0.793. The second-order valence-corrected chi connectivity index (χ2v) is 3.64. The predicted octanol–water partition coefficient (Wildman–Crippen LogP) is 0.919. The fourth-order valence-electron chi connectivity index (χ4n) is 0.663. The lowest BCUT2D eigenvalue weighted by Crippen LogP contribution is -2.25. The first kappa shape index (κ1) is 10.0. The number of hydrogen-bond donors (Lipinski definition) is 2. The van der Waals surface area contributed by atoms with E-state index in [-0.39, 0.29) is 23.0 Å². The van der Waals surface area contributed by atoms with E-state index in [4.69, 9.17) is 11.6 Å². The molecule has 1 aromatic heterocycles. The van der Waals surface area contributed by atoms with Crippen molar-refractivity contribution in [1.29, 1.82) is 0 Å². The molecule has 0 bridgehead atoms. The van der Waals surface area contributed by atoms with Crippen LogP contribution < -0.4 is 10.2 Å². The number of aromatic nitrogens is 1. The Bertz CT molecular complexity index is 382. The first-order chi connectivity index (χ1) is 6.09. The summed E-state index contributed by atoms with van der Waals surface area (Å²) in [5.41, 5.74) is 0.243. The second kappa shape index (κ2) is 4.25. The van der Waals surface area contributed by atoms with E-state index in [1.165, 1.54) is 5.38 Å². The van der Waals surface area contributed by atoms with Crippen LogP contribution in [0.15, 0.2) is 21.8 Å². The summed E-state index contributed by atoms with van der Waals surface area (Å²) in [5, 5.41) is 4.27. The van der Waals surface area contributed by atoms with Crippen molar-refractivity contribution >= 4 is 28.8 Å². The predicted molar refractivity (Wildman–Crippen MR) is 52.3 cm³/mol. The highest BCUT2D eigenvalue weighted by Gasteiger charge is 2.06. The highest BCUT2D eigenvalue weighted by atomic mass is 35.5. The van der Waals surface area contributed by atoms with Crippen LogP contribution in [0.1, 0.15) is 10.5 Å². The van der Waals surface area contributed by atoms with Crippen LogP contribution in [-0.2, 0) is 0 Å². The zero-order chi connectivity index (χ0) is 9.84. The van der Waals surface area contributed by atoms with Crippen molar-refractivity contribution in [2.75, 3.05) is 6.54 Å². The Morgan fingerprint density at radius 1 is 1.77 bits per heavy atom. The van der Waals surface area contributed by atoms with Crippen molar-refractivity contribution in [3.8, 4) is 0 Å². The molecule has 0 aliphatic carbocycles. The Labute approximate surface area is 83.2 Å². The average molecular weight is 219 g/mol. The van der Waals surface area contributed by atoms with E-state index >= 15 is 0 Å². The molecular formula is C7H7ClN2O2S. The molecule has 0 saturated heterocycles. The molecule has 1 heterocycles. The molecular weight excluding hydrogens is 212 g/mol. The molecule has 2 N–H and O–H groups in total. The number of carbonyl (C=O) groups is 1. The smallest absolute Gasteiger partial charge is 0.305 e. The number of carbonyl (C=O) groups excluding carboxylic acids is 1. The van der Waals surface area contributed by atoms with Gasteiger partial charge in [0.2, 0.25) is 0 Å². The number of rotatable bonds is 3. The first-order valence-corrected chi connectivity index (χ1v) is 4.64. The SMILES string of the molecule is C=C(Cl)CNC(=O)c1csc(=O)[nH]1. The van der Waals surface area contributed by atoms with Gasteiger partial charge in [-0.1, -0.05) is 29.5 Å². The topological polar surface area (TPSA) is 62.0 Å². The monoisotopic (exact) mass is 218 g/mol. The Morgan fingerprint density at radius 2 is 2.46 bits per heavy atom. The van der Waals surface area contributed by atoms with Gasteiger partial charge in [-0.3, -0.25) is 9.59 Å². The van der Waals surface area contributed by atoms with Crippen LogP contribution in [0, 0.1) is 0 Å². The van der Waals surface area contributed by atoms with Gasteiger partial charge in [-0.2, -0.15) is 0 Å². The van der Waals surface area contributed by atoms with E-state index in [0.717, 1.165) is 11.3 Å². The molecule has 0 saturated carbocycles. The number of nitrogens with one attached hydrogen (secondary N) is 2. The molecule has 0 radical (unpaired) electrons. The van der Waals surface area contributed by atoms with Gasteiger partial charge in [0.1, 0.15) is 5.69 Å². The maximum Gasteiger partial charge on any atom is 0.305 e. The number of aromatic amines is 1. The van der Waals surface area contributed by atoms with Crippen molar-refractivity contribution in [3.63, 3.8) is 0 Å². The molecule has 0 unspecified atom stereocenters. The maximum absolute atomic E-state index is 11.2. The van der Waals surface area contributed by atoms with Gasteiger partial charge in [0.15, 0.2) is 0 Å². The lowest BCUT2D eigenvalue weighted by Gasteiger charge is -1.99. The van der Waals surface area contributed by atoms with E-state index in [0.29, 0.717) is 5.03 Å². The lowest BCUT2D eigenvalue weighted by atomic mass is 10.4. The molecule has 70 valence electrons. The molecule has 0 spiro atoms. The van der Waals surface area contributed by atoms with Crippen LogP contribution in [0.2, 0.25) is 0 Å². The summed E-state index contributed by atoms with van der Waals surface area (Å²) in [6, 6.07) is 0. The molecule has 6 heteroatoms. The minimum absolute atomic E-state index is 0.193. The summed E-state index contributed by atoms with van der Waals surface area (Å²) in [7, 11) is 0. The summed E-state index contributed by atoms with van der Waals surface area (Å²) in [6.45, 7) is 3.60. The second-order valence-electron chi connectivity index (χ2n) is 2.26. The average Bonchev–Trinajstić information content (AvgIpc) is 2.47. The van der Waals surface area contributed by atoms with Crippen LogP contribution >= 0.6 is 22.9 Å².